The third-order valence-electron chi connectivity index (χ3n) is 0.935. The summed E-state index contributed by atoms with van der Waals surface area (Å²) < 4.78 is 0. The van der Waals surface area contributed by atoms with Crippen LogP contribution in [0.25, 0.3) is 0 Å². The third-order valence-corrected chi connectivity index (χ3v) is 1.12. The molecule has 0 aliphatic heterocycles. The lowest BCUT2D eigenvalue weighted by Gasteiger charge is -1.89. The van der Waals surface area contributed by atoms with Crippen molar-refractivity contribution in [2.24, 2.45) is 0 Å². The summed E-state index contributed by atoms with van der Waals surface area (Å²) in [5.74, 6) is 5.10. The van der Waals surface area contributed by atoms with E-state index in [-0.39, 0.29) is 16.8 Å². The Morgan fingerprint density at radius 3 is 2.60 bits per heavy atom. The number of nitrogen functional groups attached to an aromatic ring is 1. The molecule has 10 heavy (non-hydrogen) atoms. The first kappa shape index (κ1) is 7.07. The minimum absolute atomic E-state index is 0.116. The maximum Gasteiger partial charge on any atom is 0.217 e. The smallest absolute Gasteiger partial charge is 0.217 e. The zero-order valence-electron chi connectivity index (χ0n) is 5.27. The molecule has 0 atom stereocenters. The first-order valence-corrected chi connectivity index (χ1v) is 2.98. The second-order valence-electron chi connectivity index (χ2n) is 1.74. The molecule has 0 radical (unpaired) electrons. The van der Waals surface area contributed by atoms with Gasteiger partial charge in [0.25, 0.3) is 0 Å². The van der Waals surface area contributed by atoms with Gasteiger partial charge >= 0.3 is 0 Å². The fourth-order valence-electron chi connectivity index (χ4n) is 0.552. The van der Waals surface area contributed by atoms with Gasteiger partial charge in [-0.1, -0.05) is 0 Å². The van der Waals surface area contributed by atoms with Crippen LogP contribution in [0.5, 0.6) is 0 Å². The second kappa shape index (κ2) is 2.30. The minimum Gasteiger partial charge on any atom is -0.321 e. The van der Waals surface area contributed by atoms with Crippen molar-refractivity contribution in [1.29, 1.82) is 0 Å². The van der Waals surface area contributed by atoms with Gasteiger partial charge in [-0.15, -0.1) is 17.7 Å². The van der Waals surface area contributed by atoms with Crippen LogP contribution in [-0.4, -0.2) is 20.7 Å². The molecule has 0 unspecified atom stereocenters. The highest BCUT2D eigenvalue weighted by Crippen LogP contribution is 1.98. The van der Waals surface area contributed by atoms with E-state index in [1.807, 2.05) is 0 Å². The summed E-state index contributed by atoms with van der Waals surface area (Å²) in [5, 5.41) is 3.76. The van der Waals surface area contributed by atoms with Gasteiger partial charge in [-0.2, -0.15) is 9.77 Å². The maximum absolute atomic E-state index is 10.6. The van der Waals surface area contributed by atoms with Gasteiger partial charge in [-0.25, -0.2) is 0 Å². The van der Waals surface area contributed by atoms with Crippen LogP contribution in [0.3, 0.4) is 0 Å². The van der Waals surface area contributed by atoms with Gasteiger partial charge in [-0.05, 0) is 0 Å². The largest absolute Gasteiger partial charge is 0.321 e. The lowest BCUT2D eigenvalue weighted by molar-refractivity contribution is 0.100. The van der Waals surface area contributed by atoms with Crippen LogP contribution >= 0.6 is 12.6 Å². The van der Waals surface area contributed by atoms with E-state index < -0.39 is 0 Å². The average Bonchev–Trinajstić information content (AvgIpc) is 2.10. The van der Waals surface area contributed by atoms with E-state index in [4.69, 9.17) is 5.84 Å². The number of rotatable bonds is 1. The highest BCUT2D eigenvalue weighted by atomic mass is 32.1. The Labute approximate surface area is 62.6 Å². The maximum atomic E-state index is 10.6. The molecule has 0 amide bonds. The fourth-order valence-corrected chi connectivity index (χ4v) is 0.743. The molecule has 1 aromatic heterocycles. The van der Waals surface area contributed by atoms with E-state index in [0.717, 1.165) is 4.79 Å². The van der Waals surface area contributed by atoms with Gasteiger partial charge in [0.05, 0.1) is 0 Å². The molecule has 0 aliphatic carbocycles. The Hall–Kier alpha value is -1.04. The van der Waals surface area contributed by atoms with Crippen LogP contribution < -0.4 is 5.84 Å². The number of thiol groups is 1. The topological polar surface area (TPSA) is 73.8 Å². The number of hydrogen-bond donors (Lipinski definition) is 2. The highest BCUT2D eigenvalue weighted by Gasteiger charge is 2.08. The van der Waals surface area contributed by atoms with Crippen LogP contribution in [0.1, 0.15) is 17.5 Å². The second-order valence-corrected chi connectivity index (χ2v) is 2.14. The quantitative estimate of drug-likeness (QED) is 0.328. The Bertz CT molecular complexity index is 268. The van der Waals surface area contributed by atoms with Crippen molar-refractivity contribution < 1.29 is 4.79 Å². The standard InChI is InChI=1S/C4H6N4OS/c1-2(9)3-6-4(10)7-8(3)5/h5H2,1H3,(H,7,10). The zero-order valence-corrected chi connectivity index (χ0v) is 6.17. The summed E-state index contributed by atoms with van der Waals surface area (Å²) in [6, 6.07) is 0. The molecule has 0 aromatic carbocycles. The molecule has 0 aliphatic rings. The van der Waals surface area contributed by atoms with Crippen LogP contribution in [-0.2, 0) is 0 Å². The van der Waals surface area contributed by atoms with E-state index >= 15 is 0 Å². The summed E-state index contributed by atoms with van der Waals surface area (Å²) in [4.78, 5) is 15.2. The van der Waals surface area contributed by atoms with Gasteiger partial charge in [0.15, 0.2) is 5.78 Å². The van der Waals surface area contributed by atoms with E-state index in [1.54, 1.807) is 0 Å². The molecule has 0 saturated heterocycles. The van der Waals surface area contributed by atoms with Gasteiger partial charge in [0.2, 0.25) is 11.0 Å². The van der Waals surface area contributed by atoms with Gasteiger partial charge in [0.1, 0.15) is 0 Å². The summed E-state index contributed by atoms with van der Waals surface area (Å²) in [7, 11) is 0. The van der Waals surface area contributed by atoms with E-state index in [1.165, 1.54) is 6.92 Å². The molecule has 2 N–H and O–H groups in total. The molecule has 0 bridgehead atoms. The molecule has 0 fully saturated rings. The highest BCUT2D eigenvalue weighted by molar-refractivity contribution is 7.80. The summed E-state index contributed by atoms with van der Waals surface area (Å²) in [6.45, 7) is 1.36. The predicted molar refractivity (Wildman–Crippen MR) is 37.4 cm³/mol. The number of carbonyl (C=O) groups is 1. The van der Waals surface area contributed by atoms with E-state index in [9.17, 15) is 4.79 Å². The van der Waals surface area contributed by atoms with Crippen LogP contribution in [0, 0.1) is 0 Å². The Kier molecular flexibility index (Phi) is 1.62. The summed E-state index contributed by atoms with van der Waals surface area (Å²) in [5.41, 5.74) is 0. The lowest BCUT2D eigenvalue weighted by atomic mass is 10.4. The Balaban J connectivity index is 3.15. The summed E-state index contributed by atoms with van der Waals surface area (Å²) >= 11 is 3.79. The van der Waals surface area contributed by atoms with Crippen molar-refractivity contribution in [2.45, 2.75) is 12.1 Å². The van der Waals surface area contributed by atoms with Gasteiger partial charge in [-0.3, -0.25) is 4.79 Å². The first-order valence-electron chi connectivity index (χ1n) is 2.53. The van der Waals surface area contributed by atoms with Crippen LogP contribution in [0.15, 0.2) is 5.16 Å². The van der Waals surface area contributed by atoms with E-state index in [0.29, 0.717) is 0 Å². The van der Waals surface area contributed by atoms with E-state index in [2.05, 4.69) is 22.7 Å². The van der Waals surface area contributed by atoms with Crippen LogP contribution in [0.4, 0.5) is 0 Å². The van der Waals surface area contributed by atoms with Crippen molar-refractivity contribution >= 4 is 18.4 Å². The van der Waals surface area contributed by atoms with Crippen molar-refractivity contribution in [3.63, 3.8) is 0 Å². The number of hydrogen-bond acceptors (Lipinski definition) is 5. The molecule has 0 spiro atoms. The molecule has 0 saturated carbocycles. The predicted octanol–water partition coefficient (Wildman–Crippen LogP) is -0.517. The summed E-state index contributed by atoms with van der Waals surface area (Å²) in [6.07, 6.45) is 0. The van der Waals surface area contributed by atoms with Crippen molar-refractivity contribution in [2.75, 3.05) is 5.84 Å². The van der Waals surface area contributed by atoms with Gasteiger partial charge in [0, 0.05) is 6.92 Å². The molecule has 54 valence electrons. The zero-order chi connectivity index (χ0) is 7.72. The van der Waals surface area contributed by atoms with Crippen molar-refractivity contribution in [3.05, 3.63) is 5.82 Å². The lowest BCUT2D eigenvalue weighted by Crippen LogP contribution is -2.16. The first-order chi connectivity index (χ1) is 4.61. The number of Topliss-reactive ketones (excluding diaryl/α,β-unsaturated/α-hetero) is 1. The molecule has 6 heteroatoms. The monoisotopic (exact) mass is 158 g/mol. The fraction of sp³-hybridized carbons (Fsp3) is 0.250. The number of nitrogens with zero attached hydrogens (tertiary/aromatic N) is 3. The SMILES string of the molecule is CC(=O)c1nc(S)nn1N. The Morgan fingerprint density at radius 2 is 2.40 bits per heavy atom. The number of aromatic nitrogens is 3. The van der Waals surface area contributed by atoms with Crippen LogP contribution in [0.2, 0.25) is 0 Å². The average molecular weight is 158 g/mol. The third kappa shape index (κ3) is 1.10. The molecule has 1 heterocycles. The number of nitrogens with two attached hydrogens (primary N) is 1. The molecule has 5 nitrogen and oxygen atoms in total. The van der Waals surface area contributed by atoms with Crippen molar-refractivity contribution in [3.8, 4) is 0 Å². The molecule has 1 aromatic rings. The number of carbonyl (C=O) groups excluding carboxylic acids is 1. The molecular weight excluding hydrogens is 152 g/mol. The number of ketones is 1. The molecular formula is C4H6N4OS. The minimum atomic E-state index is -0.227. The molecule has 1 rings (SSSR count). The van der Waals surface area contributed by atoms with Crippen molar-refractivity contribution in [1.82, 2.24) is 14.9 Å². The Morgan fingerprint density at radius 1 is 1.80 bits per heavy atom. The normalized spacial score (nSPS) is 9.80. The van der Waals surface area contributed by atoms with Gasteiger partial charge < -0.3 is 5.84 Å².